The van der Waals surface area contributed by atoms with Crippen molar-refractivity contribution in [3.8, 4) is 5.75 Å². The predicted molar refractivity (Wildman–Crippen MR) is 85.1 cm³/mol. The molecule has 1 aromatic carbocycles. The summed E-state index contributed by atoms with van der Waals surface area (Å²) in [4.78, 5) is 0. The number of nitrogens with zero attached hydrogens (tertiary/aromatic N) is 2. The Hall–Kier alpha value is -1.46. The van der Waals surface area contributed by atoms with E-state index in [1.807, 2.05) is 12.1 Å². The first-order chi connectivity index (χ1) is 10.0. The average Bonchev–Trinajstić information content (AvgIpc) is 3.03. The van der Waals surface area contributed by atoms with E-state index in [9.17, 15) is 0 Å². The van der Waals surface area contributed by atoms with Gasteiger partial charge in [0, 0.05) is 24.1 Å². The summed E-state index contributed by atoms with van der Waals surface area (Å²) in [5, 5.41) is 14.3. The van der Waals surface area contributed by atoms with Crippen LogP contribution in [0.15, 0.2) is 24.3 Å². The van der Waals surface area contributed by atoms with Crippen molar-refractivity contribution in [2.75, 3.05) is 13.2 Å². The van der Waals surface area contributed by atoms with Gasteiger partial charge < -0.3 is 10.1 Å². The van der Waals surface area contributed by atoms with Gasteiger partial charge in [0.25, 0.3) is 0 Å². The van der Waals surface area contributed by atoms with Gasteiger partial charge in [-0.3, -0.25) is 0 Å². The van der Waals surface area contributed by atoms with E-state index < -0.39 is 0 Å². The molecule has 1 N–H and O–H groups in total. The van der Waals surface area contributed by atoms with Crippen LogP contribution in [-0.4, -0.2) is 28.9 Å². The summed E-state index contributed by atoms with van der Waals surface area (Å²) in [5.41, 5.74) is 1.37. The minimum atomic E-state index is 0.145. The van der Waals surface area contributed by atoms with Crippen molar-refractivity contribution in [1.82, 2.24) is 15.5 Å². The molecule has 1 unspecified atom stereocenters. The zero-order valence-corrected chi connectivity index (χ0v) is 13.5. The molecule has 5 heteroatoms. The first-order valence-corrected chi connectivity index (χ1v) is 8.13. The van der Waals surface area contributed by atoms with Gasteiger partial charge in [0.05, 0.1) is 5.92 Å². The maximum Gasteiger partial charge on any atom is 0.128 e. The number of ether oxygens (including phenoxy) is 1. The molecule has 4 nitrogen and oxygen atoms in total. The number of aromatic nitrogens is 2. The van der Waals surface area contributed by atoms with E-state index in [1.165, 1.54) is 5.56 Å². The highest BCUT2D eigenvalue weighted by Crippen LogP contribution is 2.38. The first-order valence-electron chi connectivity index (χ1n) is 7.32. The summed E-state index contributed by atoms with van der Waals surface area (Å²) in [5.74, 6) is 1.22. The molecule has 0 fully saturated rings. The molecule has 0 amide bonds. The molecule has 2 aromatic rings. The third-order valence-electron chi connectivity index (χ3n) is 3.47. The van der Waals surface area contributed by atoms with Crippen molar-refractivity contribution in [3.63, 3.8) is 0 Å². The van der Waals surface area contributed by atoms with E-state index in [-0.39, 0.29) is 11.5 Å². The van der Waals surface area contributed by atoms with Gasteiger partial charge in [-0.1, -0.05) is 18.2 Å². The van der Waals surface area contributed by atoms with E-state index in [1.54, 1.807) is 11.3 Å². The smallest absolute Gasteiger partial charge is 0.128 e. The van der Waals surface area contributed by atoms with Crippen LogP contribution < -0.4 is 10.1 Å². The van der Waals surface area contributed by atoms with Gasteiger partial charge in [0.15, 0.2) is 0 Å². The monoisotopic (exact) mass is 303 g/mol. The Morgan fingerprint density at radius 3 is 2.90 bits per heavy atom. The number of fused-ring (bicyclic) bond motifs is 1. The zero-order chi connectivity index (χ0) is 14.9. The Bertz CT molecular complexity index is 618. The van der Waals surface area contributed by atoms with Gasteiger partial charge in [-0.15, -0.1) is 21.5 Å². The minimum absolute atomic E-state index is 0.145. The molecule has 2 heterocycles. The Morgan fingerprint density at radius 2 is 2.10 bits per heavy atom. The molecule has 21 heavy (non-hydrogen) atoms. The van der Waals surface area contributed by atoms with E-state index >= 15 is 0 Å². The van der Waals surface area contributed by atoms with Crippen LogP contribution in [0.5, 0.6) is 5.75 Å². The molecular weight excluding hydrogens is 282 g/mol. The molecule has 0 spiro atoms. The fourth-order valence-corrected chi connectivity index (χ4v) is 3.37. The van der Waals surface area contributed by atoms with Crippen molar-refractivity contribution < 1.29 is 4.74 Å². The second-order valence-electron chi connectivity index (χ2n) is 6.36. The number of hydrogen-bond donors (Lipinski definition) is 1. The fraction of sp³-hybridized carbons (Fsp3) is 0.500. The highest BCUT2D eigenvalue weighted by Gasteiger charge is 2.28. The largest absolute Gasteiger partial charge is 0.492 e. The van der Waals surface area contributed by atoms with Crippen LogP contribution in [-0.2, 0) is 6.42 Å². The highest BCUT2D eigenvalue weighted by atomic mass is 32.1. The second kappa shape index (κ2) is 5.73. The molecule has 1 aromatic heterocycles. The Labute approximate surface area is 129 Å². The molecule has 1 aliphatic heterocycles. The van der Waals surface area contributed by atoms with Crippen molar-refractivity contribution in [2.24, 2.45) is 0 Å². The number of nitrogens with one attached hydrogen (secondary N) is 1. The zero-order valence-electron chi connectivity index (χ0n) is 12.7. The Morgan fingerprint density at radius 1 is 1.29 bits per heavy atom. The van der Waals surface area contributed by atoms with Crippen molar-refractivity contribution in [2.45, 2.75) is 38.6 Å². The van der Waals surface area contributed by atoms with Crippen LogP contribution in [0.3, 0.4) is 0 Å². The summed E-state index contributed by atoms with van der Waals surface area (Å²) < 4.78 is 5.73. The lowest BCUT2D eigenvalue weighted by molar-refractivity contribution is 0.342. The maximum absolute atomic E-state index is 5.73. The summed E-state index contributed by atoms with van der Waals surface area (Å²) in [6, 6.07) is 8.19. The summed E-state index contributed by atoms with van der Waals surface area (Å²) in [6.45, 7) is 8.12. The van der Waals surface area contributed by atoms with E-state index in [4.69, 9.17) is 4.74 Å². The third-order valence-corrected chi connectivity index (χ3v) is 4.57. The molecular formula is C16H21N3OS. The molecule has 0 saturated carbocycles. The summed E-state index contributed by atoms with van der Waals surface area (Å²) in [6.07, 6.45) is 0.921. The molecule has 112 valence electrons. The summed E-state index contributed by atoms with van der Waals surface area (Å²) in [7, 11) is 0. The second-order valence-corrected chi connectivity index (χ2v) is 7.46. The predicted octanol–water partition coefficient (Wildman–Crippen LogP) is 2.99. The van der Waals surface area contributed by atoms with Gasteiger partial charge >= 0.3 is 0 Å². The van der Waals surface area contributed by atoms with Gasteiger partial charge in [-0.2, -0.15) is 0 Å². The summed E-state index contributed by atoms with van der Waals surface area (Å²) >= 11 is 1.70. The number of hydrogen-bond acceptors (Lipinski definition) is 5. The van der Waals surface area contributed by atoms with Crippen molar-refractivity contribution >= 4 is 11.3 Å². The molecule has 1 aliphatic rings. The topological polar surface area (TPSA) is 47.0 Å². The number of para-hydroxylation sites is 1. The lowest BCUT2D eigenvalue weighted by Gasteiger charge is -2.19. The van der Waals surface area contributed by atoms with Gasteiger partial charge in [0.1, 0.15) is 22.4 Å². The molecule has 3 rings (SSSR count). The standard InChI is InChI=1S/C16H21N3OS/c1-16(2,3)17-9-8-14-18-19-15(21-14)12-10-20-13-7-5-4-6-11(12)13/h4-7,12,17H,8-10H2,1-3H3. The molecule has 1 atom stereocenters. The molecule has 0 aliphatic carbocycles. The van der Waals surface area contributed by atoms with Gasteiger partial charge in [-0.25, -0.2) is 0 Å². The SMILES string of the molecule is CC(C)(C)NCCc1nnc(C2COc3ccccc32)s1. The maximum atomic E-state index is 5.73. The third kappa shape index (κ3) is 3.41. The van der Waals surface area contributed by atoms with Crippen molar-refractivity contribution in [3.05, 3.63) is 39.8 Å². The lowest BCUT2D eigenvalue weighted by atomic mass is 10.0. The van der Waals surface area contributed by atoms with Crippen molar-refractivity contribution in [1.29, 1.82) is 0 Å². The Kier molecular flexibility index (Phi) is 3.95. The number of rotatable bonds is 4. The van der Waals surface area contributed by atoms with Gasteiger partial charge in [0.2, 0.25) is 0 Å². The Balaban J connectivity index is 1.66. The van der Waals surface area contributed by atoms with Gasteiger partial charge in [-0.05, 0) is 26.8 Å². The molecule has 0 saturated heterocycles. The average molecular weight is 303 g/mol. The van der Waals surface area contributed by atoms with Crippen LogP contribution in [0.25, 0.3) is 0 Å². The molecule has 0 radical (unpaired) electrons. The fourth-order valence-electron chi connectivity index (χ4n) is 2.42. The lowest BCUT2D eigenvalue weighted by Crippen LogP contribution is -2.37. The van der Waals surface area contributed by atoms with E-state index in [0.717, 1.165) is 28.7 Å². The minimum Gasteiger partial charge on any atom is -0.492 e. The van der Waals surface area contributed by atoms with Crippen LogP contribution >= 0.6 is 11.3 Å². The van der Waals surface area contributed by atoms with E-state index in [0.29, 0.717) is 6.61 Å². The van der Waals surface area contributed by atoms with Crippen LogP contribution in [0.2, 0.25) is 0 Å². The highest BCUT2D eigenvalue weighted by molar-refractivity contribution is 7.11. The normalized spacial score (nSPS) is 17.6. The first kappa shape index (κ1) is 14.5. The van der Waals surface area contributed by atoms with Crippen LogP contribution in [0.1, 0.15) is 42.3 Å². The van der Waals surface area contributed by atoms with Crippen LogP contribution in [0.4, 0.5) is 0 Å². The quantitative estimate of drug-likeness (QED) is 0.943. The molecule has 0 bridgehead atoms. The van der Waals surface area contributed by atoms with E-state index in [2.05, 4.69) is 48.4 Å². The van der Waals surface area contributed by atoms with Crippen LogP contribution in [0, 0.1) is 0 Å². The number of benzene rings is 1.